The summed E-state index contributed by atoms with van der Waals surface area (Å²) in [5, 5.41) is 0.328. The Hall–Kier alpha value is -3.61. The van der Waals surface area contributed by atoms with Crippen molar-refractivity contribution in [3.63, 3.8) is 0 Å². The second-order valence-electron chi connectivity index (χ2n) is 9.36. The summed E-state index contributed by atoms with van der Waals surface area (Å²) in [4.78, 5) is 56.5. The molecular formula is C28H20ClNO5. The number of amides is 2. The van der Waals surface area contributed by atoms with Crippen LogP contribution in [0.1, 0.15) is 43.5 Å². The van der Waals surface area contributed by atoms with E-state index in [0.29, 0.717) is 16.3 Å². The molecule has 3 unspecified atom stereocenters. The smallest absolute Gasteiger partial charge is 0.241 e. The lowest BCUT2D eigenvalue weighted by atomic mass is 9.77. The highest BCUT2D eigenvalue weighted by molar-refractivity contribution is 6.37. The van der Waals surface area contributed by atoms with Crippen molar-refractivity contribution in [3.8, 4) is 0 Å². The zero-order valence-electron chi connectivity index (χ0n) is 18.9. The molecular weight excluding hydrogens is 466 g/mol. The maximum Gasteiger partial charge on any atom is 0.241 e. The third kappa shape index (κ3) is 2.81. The van der Waals surface area contributed by atoms with E-state index in [1.54, 1.807) is 60.7 Å². The summed E-state index contributed by atoms with van der Waals surface area (Å²) in [5.74, 6) is -4.69. The van der Waals surface area contributed by atoms with Gasteiger partial charge in [0.2, 0.25) is 29.0 Å². The molecule has 3 atom stereocenters. The monoisotopic (exact) mass is 485 g/mol. The van der Waals surface area contributed by atoms with Gasteiger partial charge in [-0.2, -0.15) is 0 Å². The predicted octanol–water partition coefficient (Wildman–Crippen LogP) is 4.65. The quantitative estimate of drug-likeness (QED) is 0.390. The third-order valence-electron chi connectivity index (χ3n) is 7.20. The van der Waals surface area contributed by atoms with E-state index in [-0.39, 0.29) is 11.1 Å². The fourth-order valence-electron chi connectivity index (χ4n) is 5.84. The van der Waals surface area contributed by atoms with Crippen molar-refractivity contribution in [1.29, 1.82) is 0 Å². The van der Waals surface area contributed by atoms with Gasteiger partial charge < -0.3 is 4.74 Å². The minimum absolute atomic E-state index is 0.196. The maximum absolute atomic E-state index is 14.0. The number of ketones is 2. The normalized spacial score (nSPS) is 24.4. The number of rotatable bonds is 2. The van der Waals surface area contributed by atoms with Crippen LogP contribution in [0.5, 0.6) is 0 Å². The number of halogens is 1. The van der Waals surface area contributed by atoms with Gasteiger partial charge in [-0.05, 0) is 43.2 Å². The largest absolute Gasteiger partial charge is 0.349 e. The number of carbonyl (C=O) groups excluding carboxylic acids is 4. The second-order valence-corrected chi connectivity index (χ2v) is 9.77. The number of nitrogens with zero attached hydrogens (tertiary/aromatic N) is 1. The lowest BCUT2D eigenvalue weighted by Gasteiger charge is -2.27. The number of carbonyl (C=O) groups is 4. The van der Waals surface area contributed by atoms with E-state index in [2.05, 4.69) is 0 Å². The van der Waals surface area contributed by atoms with Crippen LogP contribution >= 0.6 is 11.6 Å². The van der Waals surface area contributed by atoms with Crippen LogP contribution in [0.4, 0.5) is 5.69 Å². The molecule has 6 nitrogen and oxygen atoms in total. The van der Waals surface area contributed by atoms with Crippen molar-refractivity contribution in [2.45, 2.75) is 25.6 Å². The average molecular weight is 486 g/mol. The number of hydrogen-bond acceptors (Lipinski definition) is 5. The molecule has 2 heterocycles. The number of imide groups is 1. The fraction of sp³-hybridized carbons (Fsp3) is 0.214. The summed E-state index contributed by atoms with van der Waals surface area (Å²) in [6, 6.07) is 18.7. The summed E-state index contributed by atoms with van der Waals surface area (Å²) in [6.45, 7) is 3.75. The van der Waals surface area contributed by atoms with Crippen LogP contribution in [0, 0.1) is 25.7 Å². The van der Waals surface area contributed by atoms with Gasteiger partial charge in [0, 0.05) is 21.7 Å². The Morgan fingerprint density at radius 1 is 0.800 bits per heavy atom. The SMILES string of the molecule is Cc1cc(C)cc(N2C(=O)C3C(c4ccccc4Cl)OC4(C(=O)c5ccccc5C4=O)C3C2=O)c1. The molecule has 35 heavy (non-hydrogen) atoms. The van der Waals surface area contributed by atoms with Gasteiger partial charge >= 0.3 is 0 Å². The standard InChI is InChI=1S/C28H20ClNO5/c1-14-11-15(2)13-16(12-14)30-26(33)21-22(27(30)34)28(35-23(21)19-9-5-6-10-20(19)29)24(31)17-7-3-4-8-18(17)25(28)32/h3-13,21-23H,1-2H3. The Bertz CT molecular complexity index is 1420. The molecule has 0 saturated carbocycles. The summed E-state index contributed by atoms with van der Waals surface area (Å²) in [6.07, 6.45) is -1.04. The van der Waals surface area contributed by atoms with Crippen molar-refractivity contribution < 1.29 is 23.9 Å². The molecule has 0 N–H and O–H groups in total. The summed E-state index contributed by atoms with van der Waals surface area (Å²) >= 11 is 6.47. The molecule has 174 valence electrons. The zero-order valence-corrected chi connectivity index (χ0v) is 19.7. The first-order valence-corrected chi connectivity index (χ1v) is 11.7. The lowest BCUT2D eigenvalue weighted by Crippen LogP contribution is -2.51. The minimum Gasteiger partial charge on any atom is -0.349 e. The van der Waals surface area contributed by atoms with E-state index in [1.807, 2.05) is 19.9 Å². The molecule has 0 bridgehead atoms. The van der Waals surface area contributed by atoms with Gasteiger partial charge in [-0.25, -0.2) is 4.90 Å². The number of ether oxygens (including phenoxy) is 1. The van der Waals surface area contributed by atoms with E-state index in [9.17, 15) is 19.2 Å². The van der Waals surface area contributed by atoms with E-state index in [4.69, 9.17) is 16.3 Å². The summed E-state index contributed by atoms with van der Waals surface area (Å²) in [7, 11) is 0. The van der Waals surface area contributed by atoms with Crippen molar-refractivity contribution in [2.75, 3.05) is 4.90 Å². The molecule has 3 aromatic rings. The molecule has 2 fully saturated rings. The van der Waals surface area contributed by atoms with Gasteiger partial charge in [-0.3, -0.25) is 19.2 Å². The van der Waals surface area contributed by atoms with Crippen LogP contribution < -0.4 is 4.90 Å². The molecule has 2 amide bonds. The molecule has 1 spiro atoms. The summed E-state index contributed by atoms with van der Waals surface area (Å²) < 4.78 is 6.27. The first-order chi connectivity index (χ1) is 16.8. The average Bonchev–Trinajstić information content (AvgIpc) is 3.39. The number of aryl methyl sites for hydroxylation is 2. The predicted molar refractivity (Wildman–Crippen MR) is 129 cm³/mol. The van der Waals surface area contributed by atoms with Crippen LogP contribution in [0.25, 0.3) is 0 Å². The van der Waals surface area contributed by atoms with Gasteiger partial charge in [0.1, 0.15) is 0 Å². The number of hydrogen-bond donors (Lipinski definition) is 0. The van der Waals surface area contributed by atoms with Gasteiger partial charge in [0.15, 0.2) is 0 Å². The van der Waals surface area contributed by atoms with Crippen molar-refractivity contribution >= 4 is 40.7 Å². The molecule has 7 heteroatoms. The van der Waals surface area contributed by atoms with Crippen LogP contribution in [0.15, 0.2) is 66.7 Å². The first kappa shape index (κ1) is 21.9. The summed E-state index contributed by atoms with van der Waals surface area (Å²) in [5.41, 5.74) is 0.913. The highest BCUT2D eigenvalue weighted by Gasteiger charge is 2.74. The van der Waals surface area contributed by atoms with E-state index >= 15 is 0 Å². The molecule has 3 aliphatic rings. The Morgan fingerprint density at radius 2 is 1.37 bits per heavy atom. The van der Waals surface area contributed by atoms with Crippen LogP contribution in [-0.4, -0.2) is 29.0 Å². The molecule has 3 aromatic carbocycles. The van der Waals surface area contributed by atoms with Crippen molar-refractivity contribution in [2.24, 2.45) is 11.8 Å². The second kappa shape index (κ2) is 7.44. The van der Waals surface area contributed by atoms with Gasteiger partial charge in [0.25, 0.3) is 0 Å². The molecule has 1 aliphatic carbocycles. The molecule has 0 aromatic heterocycles. The zero-order chi connectivity index (χ0) is 24.6. The Labute approximate surface area is 206 Å². The number of benzene rings is 3. The molecule has 2 saturated heterocycles. The molecule has 2 aliphatic heterocycles. The number of anilines is 1. The van der Waals surface area contributed by atoms with Gasteiger partial charge in [0.05, 0.1) is 23.6 Å². The number of Topliss-reactive ketones (excluding diaryl/α,β-unsaturated/α-hetero) is 2. The van der Waals surface area contributed by atoms with Gasteiger partial charge in [-0.15, -0.1) is 0 Å². The Balaban J connectivity index is 1.57. The Morgan fingerprint density at radius 3 is 1.97 bits per heavy atom. The van der Waals surface area contributed by atoms with E-state index < -0.39 is 46.9 Å². The fourth-order valence-corrected chi connectivity index (χ4v) is 6.08. The van der Waals surface area contributed by atoms with E-state index in [0.717, 1.165) is 16.0 Å². The Kier molecular flexibility index (Phi) is 4.66. The molecule has 6 rings (SSSR count). The topological polar surface area (TPSA) is 80.8 Å². The lowest BCUT2D eigenvalue weighted by molar-refractivity contribution is -0.127. The van der Waals surface area contributed by atoms with Crippen LogP contribution in [0.2, 0.25) is 5.02 Å². The number of fused-ring (bicyclic) bond motifs is 3. The molecule has 0 radical (unpaired) electrons. The highest BCUT2D eigenvalue weighted by Crippen LogP contribution is 2.58. The van der Waals surface area contributed by atoms with Crippen LogP contribution in [0.3, 0.4) is 0 Å². The first-order valence-electron chi connectivity index (χ1n) is 11.3. The van der Waals surface area contributed by atoms with Gasteiger partial charge in [-0.1, -0.05) is 60.1 Å². The van der Waals surface area contributed by atoms with Crippen molar-refractivity contribution in [1.82, 2.24) is 0 Å². The third-order valence-corrected chi connectivity index (χ3v) is 7.54. The van der Waals surface area contributed by atoms with Crippen molar-refractivity contribution in [3.05, 3.63) is 99.6 Å². The van der Waals surface area contributed by atoms with Crippen LogP contribution in [-0.2, 0) is 14.3 Å². The highest BCUT2D eigenvalue weighted by atomic mass is 35.5. The van der Waals surface area contributed by atoms with E-state index in [1.165, 1.54) is 0 Å². The maximum atomic E-state index is 14.0. The minimum atomic E-state index is -2.11.